The number of alkyl halides is 3. The monoisotopic (exact) mass is 446 g/mol. The number of nitrogens with one attached hydrogen (secondary N) is 2. The van der Waals surface area contributed by atoms with E-state index in [0.29, 0.717) is 24.1 Å². The van der Waals surface area contributed by atoms with Crippen molar-refractivity contribution in [2.75, 3.05) is 5.32 Å². The third-order valence-electron chi connectivity index (χ3n) is 6.09. The van der Waals surface area contributed by atoms with E-state index in [9.17, 15) is 27.6 Å². The van der Waals surface area contributed by atoms with Gasteiger partial charge in [-0.25, -0.2) is 0 Å². The summed E-state index contributed by atoms with van der Waals surface area (Å²) >= 11 is 0. The van der Waals surface area contributed by atoms with E-state index in [1.807, 2.05) is 6.92 Å². The summed E-state index contributed by atoms with van der Waals surface area (Å²) in [6.45, 7) is 3.67. The van der Waals surface area contributed by atoms with Crippen LogP contribution in [-0.4, -0.2) is 17.7 Å². The van der Waals surface area contributed by atoms with E-state index in [-0.39, 0.29) is 36.5 Å². The number of amides is 3. The SMILES string of the molecule is CCC1(c2ccc(NC(=O)CC(C)c3ccc(C(F)(F)F)cc3)cc2)CCC(=O)NC1=O. The van der Waals surface area contributed by atoms with Gasteiger partial charge in [0, 0.05) is 18.5 Å². The van der Waals surface area contributed by atoms with Crippen LogP contribution in [0.25, 0.3) is 0 Å². The minimum atomic E-state index is -4.39. The van der Waals surface area contributed by atoms with Gasteiger partial charge in [0.05, 0.1) is 11.0 Å². The van der Waals surface area contributed by atoms with Crippen LogP contribution in [0.1, 0.15) is 62.1 Å². The summed E-state index contributed by atoms with van der Waals surface area (Å²) in [6, 6.07) is 11.8. The minimum absolute atomic E-state index is 0.108. The molecule has 0 aromatic heterocycles. The normalized spacial score (nSPS) is 19.9. The van der Waals surface area contributed by atoms with Crippen LogP contribution in [0, 0.1) is 0 Å². The first-order valence-corrected chi connectivity index (χ1v) is 10.5. The van der Waals surface area contributed by atoms with Gasteiger partial charge in [0.25, 0.3) is 0 Å². The van der Waals surface area contributed by atoms with E-state index in [4.69, 9.17) is 0 Å². The zero-order valence-electron chi connectivity index (χ0n) is 17.9. The number of hydrogen-bond donors (Lipinski definition) is 2. The summed E-state index contributed by atoms with van der Waals surface area (Å²) in [6.07, 6.45) is -3.03. The Morgan fingerprint density at radius 3 is 2.25 bits per heavy atom. The van der Waals surface area contributed by atoms with Crippen LogP contribution in [0.5, 0.6) is 0 Å². The second-order valence-electron chi connectivity index (χ2n) is 8.16. The molecular weight excluding hydrogens is 421 g/mol. The highest BCUT2D eigenvalue weighted by Crippen LogP contribution is 2.36. The Kier molecular flexibility index (Phi) is 6.71. The van der Waals surface area contributed by atoms with Crippen molar-refractivity contribution in [3.8, 4) is 0 Å². The molecule has 0 bridgehead atoms. The highest BCUT2D eigenvalue weighted by molar-refractivity contribution is 6.03. The first-order valence-electron chi connectivity index (χ1n) is 10.5. The second kappa shape index (κ2) is 9.14. The molecule has 3 amide bonds. The Morgan fingerprint density at radius 2 is 1.72 bits per heavy atom. The van der Waals surface area contributed by atoms with Gasteiger partial charge in [-0.2, -0.15) is 13.2 Å². The lowest BCUT2D eigenvalue weighted by molar-refractivity contribution is -0.139. The lowest BCUT2D eigenvalue weighted by Gasteiger charge is -2.35. The molecule has 0 spiro atoms. The fourth-order valence-corrected chi connectivity index (χ4v) is 4.05. The molecule has 1 fully saturated rings. The fraction of sp³-hybridized carbons (Fsp3) is 0.375. The van der Waals surface area contributed by atoms with E-state index in [1.165, 1.54) is 12.1 Å². The summed E-state index contributed by atoms with van der Waals surface area (Å²) in [5.74, 6) is -1.11. The van der Waals surface area contributed by atoms with E-state index in [2.05, 4.69) is 10.6 Å². The van der Waals surface area contributed by atoms with Crippen molar-refractivity contribution in [2.45, 2.75) is 57.0 Å². The largest absolute Gasteiger partial charge is 0.416 e. The molecule has 0 aliphatic carbocycles. The first kappa shape index (κ1) is 23.5. The zero-order chi connectivity index (χ0) is 23.5. The molecule has 1 aliphatic heterocycles. The average Bonchev–Trinajstić information content (AvgIpc) is 2.74. The summed E-state index contributed by atoms with van der Waals surface area (Å²) in [5, 5.41) is 5.19. The predicted molar refractivity (Wildman–Crippen MR) is 114 cm³/mol. The number of rotatable bonds is 6. The van der Waals surface area contributed by atoms with E-state index >= 15 is 0 Å². The van der Waals surface area contributed by atoms with Gasteiger partial charge >= 0.3 is 6.18 Å². The summed E-state index contributed by atoms with van der Waals surface area (Å²) in [7, 11) is 0. The lowest BCUT2D eigenvalue weighted by Crippen LogP contribution is -2.51. The van der Waals surface area contributed by atoms with E-state index in [0.717, 1.165) is 17.7 Å². The lowest BCUT2D eigenvalue weighted by atomic mass is 9.72. The van der Waals surface area contributed by atoms with Gasteiger partial charge in [0.15, 0.2) is 0 Å². The summed E-state index contributed by atoms with van der Waals surface area (Å²) in [5.41, 5.74) is 0.483. The fourth-order valence-electron chi connectivity index (χ4n) is 4.05. The van der Waals surface area contributed by atoms with Crippen LogP contribution in [0.3, 0.4) is 0 Å². The second-order valence-corrected chi connectivity index (χ2v) is 8.16. The summed E-state index contributed by atoms with van der Waals surface area (Å²) in [4.78, 5) is 36.4. The van der Waals surface area contributed by atoms with Gasteiger partial charge in [-0.1, -0.05) is 38.1 Å². The number of carbonyl (C=O) groups excluding carboxylic acids is 3. The molecule has 2 atom stereocenters. The maximum atomic E-state index is 12.7. The van der Waals surface area contributed by atoms with Gasteiger partial charge in [0.1, 0.15) is 0 Å². The summed E-state index contributed by atoms with van der Waals surface area (Å²) < 4.78 is 38.1. The molecule has 5 nitrogen and oxygen atoms in total. The number of hydrogen-bond acceptors (Lipinski definition) is 3. The molecule has 1 saturated heterocycles. The zero-order valence-corrected chi connectivity index (χ0v) is 17.9. The molecule has 3 rings (SSSR count). The Hall–Kier alpha value is -3.16. The van der Waals surface area contributed by atoms with Crippen LogP contribution in [-0.2, 0) is 26.0 Å². The Labute approximate surface area is 184 Å². The van der Waals surface area contributed by atoms with Crippen LogP contribution >= 0.6 is 0 Å². The van der Waals surface area contributed by atoms with Crippen molar-refractivity contribution in [2.24, 2.45) is 0 Å². The third kappa shape index (κ3) is 5.00. The predicted octanol–water partition coefficient (Wildman–Crippen LogP) is 4.92. The Morgan fingerprint density at radius 1 is 1.09 bits per heavy atom. The molecule has 0 saturated carbocycles. The van der Waals surface area contributed by atoms with Crippen LogP contribution < -0.4 is 10.6 Å². The average molecular weight is 446 g/mol. The number of halogens is 3. The molecule has 2 aromatic rings. The number of anilines is 1. The van der Waals surface area contributed by atoms with Crippen molar-refractivity contribution < 1.29 is 27.6 Å². The molecule has 1 heterocycles. The number of imide groups is 1. The van der Waals surface area contributed by atoms with E-state index < -0.39 is 17.2 Å². The van der Waals surface area contributed by atoms with Gasteiger partial charge in [-0.3, -0.25) is 19.7 Å². The maximum Gasteiger partial charge on any atom is 0.416 e. The van der Waals surface area contributed by atoms with Crippen LogP contribution in [0.2, 0.25) is 0 Å². The van der Waals surface area contributed by atoms with Gasteiger partial charge in [-0.05, 0) is 54.2 Å². The topological polar surface area (TPSA) is 75.3 Å². The van der Waals surface area contributed by atoms with Gasteiger partial charge in [0.2, 0.25) is 17.7 Å². The van der Waals surface area contributed by atoms with Gasteiger partial charge < -0.3 is 5.32 Å². The molecule has 32 heavy (non-hydrogen) atoms. The molecule has 2 aromatic carbocycles. The van der Waals surface area contributed by atoms with Crippen molar-refractivity contribution in [1.29, 1.82) is 0 Å². The number of piperidine rings is 1. The Balaban J connectivity index is 1.63. The first-order chi connectivity index (χ1) is 15.0. The molecule has 0 radical (unpaired) electrons. The molecule has 1 aliphatic rings. The minimum Gasteiger partial charge on any atom is -0.326 e. The number of carbonyl (C=O) groups is 3. The van der Waals surface area contributed by atoms with Crippen molar-refractivity contribution in [3.05, 3.63) is 65.2 Å². The smallest absolute Gasteiger partial charge is 0.326 e. The maximum absolute atomic E-state index is 12.7. The van der Waals surface area contributed by atoms with Crippen LogP contribution in [0.15, 0.2) is 48.5 Å². The van der Waals surface area contributed by atoms with Gasteiger partial charge in [-0.15, -0.1) is 0 Å². The van der Waals surface area contributed by atoms with Crippen molar-refractivity contribution in [3.63, 3.8) is 0 Å². The molecule has 170 valence electrons. The van der Waals surface area contributed by atoms with Crippen LogP contribution in [0.4, 0.5) is 18.9 Å². The highest BCUT2D eigenvalue weighted by atomic mass is 19.4. The standard InChI is InChI=1S/C24H25F3N2O3/c1-3-23(13-12-20(30)29-22(23)32)17-8-10-19(11-9-17)28-21(31)14-15(2)16-4-6-18(7-5-16)24(25,26)27/h4-11,15H,3,12-14H2,1-2H3,(H,28,31)(H,29,30,32). The van der Waals surface area contributed by atoms with E-state index in [1.54, 1.807) is 31.2 Å². The van der Waals surface area contributed by atoms with Crippen molar-refractivity contribution >= 4 is 23.4 Å². The highest BCUT2D eigenvalue weighted by Gasteiger charge is 2.42. The molecule has 8 heteroatoms. The molecule has 2 unspecified atom stereocenters. The van der Waals surface area contributed by atoms with Crippen molar-refractivity contribution in [1.82, 2.24) is 5.32 Å². The Bertz CT molecular complexity index is 1000. The molecular formula is C24H25F3N2O3. The molecule has 2 N–H and O–H groups in total. The number of benzene rings is 2. The quantitative estimate of drug-likeness (QED) is 0.619. The third-order valence-corrected chi connectivity index (χ3v) is 6.09.